The fraction of sp³-hybridized carbons (Fsp3) is 0.562. The Balaban J connectivity index is 1.89. The van der Waals surface area contributed by atoms with Gasteiger partial charge in [0, 0.05) is 24.0 Å². The minimum absolute atomic E-state index is 0.239. The Morgan fingerprint density at radius 2 is 2.25 bits per heavy atom. The summed E-state index contributed by atoms with van der Waals surface area (Å²) in [6, 6.07) is 9.32. The van der Waals surface area contributed by atoms with Crippen molar-refractivity contribution < 1.29 is 4.79 Å². The number of thioether (sulfide) groups is 1. The molecule has 110 valence electrons. The highest BCUT2D eigenvalue weighted by molar-refractivity contribution is 8.00. The first-order valence-electron chi connectivity index (χ1n) is 7.33. The molecular formula is C16H24N2OS. The van der Waals surface area contributed by atoms with Crippen LogP contribution in [0.4, 0.5) is 0 Å². The van der Waals surface area contributed by atoms with Gasteiger partial charge in [0.05, 0.1) is 5.75 Å². The lowest BCUT2D eigenvalue weighted by molar-refractivity contribution is -0.127. The molecule has 1 atom stereocenters. The van der Waals surface area contributed by atoms with Crippen LogP contribution in [0, 0.1) is 0 Å². The average molecular weight is 292 g/mol. The SMILES string of the molecule is CCNC(C)c1cccc(SCC(=O)N(C)C2CC2)c1. The summed E-state index contributed by atoms with van der Waals surface area (Å²) in [6.07, 6.45) is 2.34. The van der Waals surface area contributed by atoms with Gasteiger partial charge in [0.25, 0.3) is 0 Å². The van der Waals surface area contributed by atoms with Gasteiger partial charge in [0.15, 0.2) is 0 Å². The summed E-state index contributed by atoms with van der Waals surface area (Å²) in [6.45, 7) is 5.24. The topological polar surface area (TPSA) is 32.3 Å². The van der Waals surface area contributed by atoms with Crippen LogP contribution in [0.1, 0.15) is 38.3 Å². The van der Waals surface area contributed by atoms with E-state index in [0.29, 0.717) is 17.8 Å². The number of carbonyl (C=O) groups excluding carboxylic acids is 1. The third-order valence-electron chi connectivity index (χ3n) is 3.72. The molecule has 1 aromatic rings. The Labute approximate surface area is 126 Å². The van der Waals surface area contributed by atoms with Gasteiger partial charge < -0.3 is 10.2 Å². The lowest BCUT2D eigenvalue weighted by atomic mass is 10.1. The number of nitrogens with zero attached hydrogens (tertiary/aromatic N) is 1. The van der Waals surface area contributed by atoms with Crippen LogP contribution in [0.5, 0.6) is 0 Å². The van der Waals surface area contributed by atoms with E-state index in [1.807, 2.05) is 11.9 Å². The van der Waals surface area contributed by atoms with E-state index in [2.05, 4.69) is 43.4 Å². The zero-order valence-corrected chi connectivity index (χ0v) is 13.4. The molecule has 0 bridgehead atoms. The molecule has 1 fully saturated rings. The number of hydrogen-bond acceptors (Lipinski definition) is 3. The number of rotatable bonds is 7. The Bertz CT molecular complexity index is 460. The zero-order valence-electron chi connectivity index (χ0n) is 12.6. The van der Waals surface area contributed by atoms with E-state index in [9.17, 15) is 4.79 Å². The van der Waals surface area contributed by atoms with Gasteiger partial charge in [0.2, 0.25) is 5.91 Å². The average Bonchev–Trinajstić information content (AvgIpc) is 3.29. The number of carbonyl (C=O) groups is 1. The summed E-state index contributed by atoms with van der Waals surface area (Å²) >= 11 is 1.63. The molecule has 3 nitrogen and oxygen atoms in total. The first-order chi connectivity index (χ1) is 9.61. The Morgan fingerprint density at radius 1 is 1.50 bits per heavy atom. The van der Waals surface area contributed by atoms with Gasteiger partial charge in [0.1, 0.15) is 0 Å². The fourth-order valence-electron chi connectivity index (χ4n) is 2.21. The van der Waals surface area contributed by atoms with E-state index in [-0.39, 0.29) is 5.91 Å². The predicted molar refractivity (Wildman–Crippen MR) is 85.0 cm³/mol. The van der Waals surface area contributed by atoms with Crippen molar-refractivity contribution >= 4 is 17.7 Å². The molecule has 20 heavy (non-hydrogen) atoms. The van der Waals surface area contributed by atoms with Crippen LogP contribution in [0.25, 0.3) is 0 Å². The molecule has 1 saturated carbocycles. The van der Waals surface area contributed by atoms with Crippen LogP contribution in [-0.4, -0.2) is 36.2 Å². The highest BCUT2D eigenvalue weighted by Crippen LogP contribution is 2.27. The quantitative estimate of drug-likeness (QED) is 0.784. The van der Waals surface area contributed by atoms with E-state index in [1.165, 1.54) is 23.3 Å². The summed E-state index contributed by atoms with van der Waals surface area (Å²) in [7, 11) is 1.92. The van der Waals surface area contributed by atoms with Gasteiger partial charge >= 0.3 is 0 Å². The molecule has 1 aromatic carbocycles. The Morgan fingerprint density at radius 3 is 2.90 bits per heavy atom. The van der Waals surface area contributed by atoms with Crippen molar-refractivity contribution in [1.29, 1.82) is 0 Å². The van der Waals surface area contributed by atoms with Crippen LogP contribution < -0.4 is 5.32 Å². The fourth-order valence-corrected chi connectivity index (χ4v) is 3.10. The Kier molecular flexibility index (Phi) is 5.49. The third-order valence-corrected chi connectivity index (χ3v) is 4.70. The van der Waals surface area contributed by atoms with Crippen molar-refractivity contribution in [1.82, 2.24) is 10.2 Å². The molecule has 0 aliphatic heterocycles. The minimum atomic E-state index is 0.239. The molecule has 0 aromatic heterocycles. The van der Waals surface area contributed by atoms with Crippen molar-refractivity contribution in [3.8, 4) is 0 Å². The summed E-state index contributed by atoms with van der Waals surface area (Å²) in [5.74, 6) is 0.772. The number of hydrogen-bond donors (Lipinski definition) is 1. The van der Waals surface area contributed by atoms with Crippen molar-refractivity contribution in [3.05, 3.63) is 29.8 Å². The molecule has 1 unspecified atom stereocenters. The van der Waals surface area contributed by atoms with E-state index >= 15 is 0 Å². The van der Waals surface area contributed by atoms with Gasteiger partial charge in [-0.3, -0.25) is 4.79 Å². The molecule has 0 heterocycles. The number of nitrogens with one attached hydrogen (secondary N) is 1. The van der Waals surface area contributed by atoms with Crippen LogP contribution in [0.2, 0.25) is 0 Å². The number of amides is 1. The molecule has 0 radical (unpaired) electrons. The summed E-state index contributed by atoms with van der Waals surface area (Å²) in [5, 5.41) is 3.41. The molecule has 2 rings (SSSR count). The standard InChI is InChI=1S/C16H24N2OS/c1-4-17-12(2)13-6-5-7-15(10-13)20-11-16(19)18(3)14-8-9-14/h5-7,10,12,14,17H,4,8-9,11H2,1-3H3. The lowest BCUT2D eigenvalue weighted by Gasteiger charge is -2.16. The highest BCUT2D eigenvalue weighted by atomic mass is 32.2. The zero-order chi connectivity index (χ0) is 14.5. The first kappa shape index (κ1) is 15.4. The van der Waals surface area contributed by atoms with Crippen molar-refractivity contribution in [2.75, 3.05) is 19.3 Å². The van der Waals surface area contributed by atoms with Crippen LogP contribution >= 0.6 is 11.8 Å². The largest absolute Gasteiger partial charge is 0.342 e. The van der Waals surface area contributed by atoms with Gasteiger partial charge in [-0.1, -0.05) is 19.1 Å². The van der Waals surface area contributed by atoms with Crippen LogP contribution in [0.3, 0.4) is 0 Å². The molecule has 0 spiro atoms. The molecular weight excluding hydrogens is 268 g/mol. The summed E-state index contributed by atoms with van der Waals surface area (Å²) in [4.78, 5) is 15.1. The highest BCUT2D eigenvalue weighted by Gasteiger charge is 2.29. The molecule has 1 amide bonds. The van der Waals surface area contributed by atoms with Crippen LogP contribution in [0.15, 0.2) is 29.2 Å². The van der Waals surface area contributed by atoms with Crippen molar-refractivity contribution in [2.45, 2.75) is 43.7 Å². The van der Waals surface area contributed by atoms with Gasteiger partial charge in [-0.05, 0) is 44.0 Å². The summed E-state index contributed by atoms with van der Waals surface area (Å²) in [5.41, 5.74) is 1.28. The summed E-state index contributed by atoms with van der Waals surface area (Å²) < 4.78 is 0. The molecule has 1 N–H and O–H groups in total. The number of benzene rings is 1. The van der Waals surface area contributed by atoms with Crippen LogP contribution in [-0.2, 0) is 4.79 Å². The predicted octanol–water partition coefficient (Wildman–Crippen LogP) is 3.07. The molecule has 0 saturated heterocycles. The first-order valence-corrected chi connectivity index (χ1v) is 8.32. The molecule has 4 heteroatoms. The van der Waals surface area contributed by atoms with Gasteiger partial charge in [-0.25, -0.2) is 0 Å². The van der Waals surface area contributed by atoms with E-state index in [4.69, 9.17) is 0 Å². The maximum Gasteiger partial charge on any atom is 0.232 e. The Hall–Kier alpha value is -1.00. The third kappa shape index (κ3) is 4.25. The molecule has 1 aliphatic rings. The second kappa shape index (κ2) is 7.14. The smallest absolute Gasteiger partial charge is 0.232 e. The normalized spacial score (nSPS) is 15.9. The minimum Gasteiger partial charge on any atom is -0.342 e. The molecule has 1 aliphatic carbocycles. The van der Waals surface area contributed by atoms with Crippen molar-refractivity contribution in [3.63, 3.8) is 0 Å². The van der Waals surface area contributed by atoms with Gasteiger partial charge in [-0.15, -0.1) is 11.8 Å². The second-order valence-electron chi connectivity index (χ2n) is 5.38. The maximum atomic E-state index is 12.0. The van der Waals surface area contributed by atoms with Gasteiger partial charge in [-0.2, -0.15) is 0 Å². The van der Waals surface area contributed by atoms with E-state index < -0.39 is 0 Å². The second-order valence-corrected chi connectivity index (χ2v) is 6.43. The van der Waals surface area contributed by atoms with E-state index in [0.717, 1.165) is 6.54 Å². The monoisotopic (exact) mass is 292 g/mol. The lowest BCUT2D eigenvalue weighted by Crippen LogP contribution is -2.30. The van der Waals surface area contributed by atoms with Crippen molar-refractivity contribution in [2.24, 2.45) is 0 Å². The maximum absolute atomic E-state index is 12.0. The van der Waals surface area contributed by atoms with E-state index in [1.54, 1.807) is 11.8 Å².